The van der Waals surface area contributed by atoms with Crippen LogP contribution in [0, 0.1) is 5.82 Å². The molecule has 0 aliphatic rings. The third-order valence-electron chi connectivity index (χ3n) is 4.12. The quantitative estimate of drug-likeness (QED) is 0.560. The Morgan fingerprint density at radius 2 is 1.80 bits per heavy atom. The molecule has 0 radical (unpaired) electrons. The molecule has 0 saturated heterocycles. The van der Waals surface area contributed by atoms with Crippen LogP contribution in [0.4, 0.5) is 15.8 Å². The maximum atomic E-state index is 14.4. The third-order valence-corrected chi connectivity index (χ3v) is 4.37. The number of halogens is 2. The Morgan fingerprint density at radius 3 is 2.47 bits per heavy atom. The van der Waals surface area contributed by atoms with Crippen LogP contribution in [0.2, 0.25) is 5.02 Å². The maximum absolute atomic E-state index is 14.4. The van der Waals surface area contributed by atoms with Crippen LogP contribution in [-0.4, -0.2) is 27.6 Å². The first-order valence-electron chi connectivity index (χ1n) is 8.85. The van der Waals surface area contributed by atoms with Gasteiger partial charge in [-0.05, 0) is 42.5 Å². The van der Waals surface area contributed by atoms with Crippen molar-refractivity contribution in [1.82, 2.24) is 4.57 Å². The van der Waals surface area contributed by atoms with Gasteiger partial charge in [-0.15, -0.1) is 0 Å². The first-order chi connectivity index (χ1) is 14.3. The van der Waals surface area contributed by atoms with E-state index in [2.05, 4.69) is 10.6 Å². The molecule has 2 aromatic carbocycles. The molecule has 3 aromatic rings. The zero-order valence-electron chi connectivity index (χ0n) is 15.5. The molecule has 0 saturated carbocycles. The molecular formula is C21H17ClFN3O4. The van der Waals surface area contributed by atoms with E-state index in [4.69, 9.17) is 11.6 Å². The number of carbonyl (C=O) groups is 2. The molecule has 0 bridgehead atoms. The number of aliphatic hydroxyl groups is 1. The lowest BCUT2D eigenvalue weighted by Crippen LogP contribution is -2.31. The van der Waals surface area contributed by atoms with Crippen LogP contribution in [0.15, 0.2) is 71.7 Å². The Bertz CT molecular complexity index is 1130. The van der Waals surface area contributed by atoms with Gasteiger partial charge in [0, 0.05) is 29.0 Å². The van der Waals surface area contributed by atoms with Gasteiger partial charge in [0.25, 0.3) is 11.5 Å². The molecule has 1 aromatic heterocycles. The molecular weight excluding hydrogens is 413 g/mol. The van der Waals surface area contributed by atoms with Crippen LogP contribution in [0.5, 0.6) is 0 Å². The van der Waals surface area contributed by atoms with Gasteiger partial charge in [-0.2, -0.15) is 0 Å². The number of rotatable bonds is 6. The second kappa shape index (κ2) is 9.34. The van der Waals surface area contributed by atoms with E-state index in [1.807, 2.05) is 0 Å². The lowest BCUT2D eigenvalue weighted by molar-refractivity contribution is -0.128. The molecule has 30 heavy (non-hydrogen) atoms. The highest BCUT2D eigenvalue weighted by molar-refractivity contribution is 6.30. The van der Waals surface area contributed by atoms with Crippen molar-refractivity contribution in [2.24, 2.45) is 0 Å². The summed E-state index contributed by atoms with van der Waals surface area (Å²) in [5, 5.41) is 15.2. The van der Waals surface area contributed by atoms with Crippen molar-refractivity contribution in [3.8, 4) is 5.69 Å². The van der Waals surface area contributed by atoms with Gasteiger partial charge >= 0.3 is 0 Å². The third kappa shape index (κ3) is 5.31. The molecule has 1 heterocycles. The highest BCUT2D eigenvalue weighted by Gasteiger charge is 2.20. The van der Waals surface area contributed by atoms with Gasteiger partial charge in [-0.3, -0.25) is 19.0 Å². The Balaban J connectivity index is 1.61. The average Bonchev–Trinajstić information content (AvgIpc) is 2.71. The van der Waals surface area contributed by atoms with Crippen LogP contribution in [0.3, 0.4) is 0 Å². The highest BCUT2D eigenvalue weighted by atomic mass is 35.5. The summed E-state index contributed by atoms with van der Waals surface area (Å²) < 4.78 is 15.6. The number of hydrogen-bond acceptors (Lipinski definition) is 4. The van der Waals surface area contributed by atoms with Gasteiger partial charge in [0.15, 0.2) is 0 Å². The van der Waals surface area contributed by atoms with E-state index in [1.165, 1.54) is 29.0 Å². The minimum Gasteiger partial charge on any atom is -0.383 e. The molecule has 7 nitrogen and oxygen atoms in total. The number of nitrogens with one attached hydrogen (secondary N) is 2. The number of aliphatic hydroxyl groups excluding tert-OH is 1. The largest absolute Gasteiger partial charge is 0.383 e. The number of aromatic nitrogens is 1. The molecule has 3 rings (SSSR count). The van der Waals surface area contributed by atoms with Gasteiger partial charge in [0.1, 0.15) is 11.9 Å². The zero-order chi connectivity index (χ0) is 21.7. The lowest BCUT2D eigenvalue weighted by Gasteiger charge is -2.13. The van der Waals surface area contributed by atoms with Crippen LogP contribution in [0.1, 0.15) is 6.42 Å². The second-order valence-electron chi connectivity index (χ2n) is 6.34. The average molecular weight is 430 g/mol. The summed E-state index contributed by atoms with van der Waals surface area (Å²) in [6, 6.07) is 14.6. The zero-order valence-corrected chi connectivity index (χ0v) is 16.3. The number of anilines is 2. The fraction of sp³-hybridized carbons (Fsp3) is 0.0952. The highest BCUT2D eigenvalue weighted by Crippen LogP contribution is 2.18. The van der Waals surface area contributed by atoms with Crippen molar-refractivity contribution in [3.05, 3.63) is 88.1 Å². The molecule has 0 fully saturated rings. The predicted molar refractivity (Wildman–Crippen MR) is 111 cm³/mol. The van der Waals surface area contributed by atoms with Crippen molar-refractivity contribution >= 4 is 34.8 Å². The van der Waals surface area contributed by atoms with E-state index in [1.54, 1.807) is 36.4 Å². The molecule has 2 amide bonds. The topological polar surface area (TPSA) is 100 Å². The van der Waals surface area contributed by atoms with Gasteiger partial charge in [-0.25, -0.2) is 4.39 Å². The fourth-order valence-corrected chi connectivity index (χ4v) is 2.75. The Kier molecular flexibility index (Phi) is 6.61. The summed E-state index contributed by atoms with van der Waals surface area (Å²) in [4.78, 5) is 35.9. The number of benzene rings is 2. The van der Waals surface area contributed by atoms with E-state index in [0.29, 0.717) is 16.4 Å². The minimum atomic E-state index is -1.63. The van der Waals surface area contributed by atoms with E-state index in [9.17, 15) is 23.9 Å². The lowest BCUT2D eigenvalue weighted by atomic mass is 10.2. The number of hydrogen-bond donors (Lipinski definition) is 3. The smallest absolute Gasteiger partial charge is 0.255 e. The van der Waals surface area contributed by atoms with E-state index < -0.39 is 30.2 Å². The first kappa shape index (κ1) is 21.2. The molecule has 3 N–H and O–H groups in total. The number of pyridine rings is 1. The Morgan fingerprint density at radius 1 is 1.07 bits per heavy atom. The standard InChI is InChI=1S/C21H17ClFN3O4/c22-13-4-6-14(7-5-13)24-21(30)18(27)12-19(28)25-17-9-8-15(11-16(17)23)26-10-2-1-3-20(26)29/h1-11,18,27H,12H2,(H,24,30)(H,25,28)/t18-/m0/s1. The summed E-state index contributed by atoms with van der Waals surface area (Å²) in [5.74, 6) is -2.30. The van der Waals surface area contributed by atoms with Crippen LogP contribution in [0.25, 0.3) is 5.69 Å². The monoisotopic (exact) mass is 429 g/mol. The summed E-state index contributed by atoms with van der Waals surface area (Å²) in [6.07, 6.45) is -0.713. The van der Waals surface area contributed by atoms with Gasteiger partial charge in [-0.1, -0.05) is 17.7 Å². The van der Waals surface area contributed by atoms with E-state index >= 15 is 0 Å². The summed E-state index contributed by atoms with van der Waals surface area (Å²) in [5.41, 5.74) is 0.224. The van der Waals surface area contributed by atoms with E-state index in [0.717, 1.165) is 6.07 Å². The van der Waals surface area contributed by atoms with E-state index in [-0.39, 0.29) is 11.2 Å². The minimum absolute atomic E-state index is 0.141. The Labute approximate surface area is 175 Å². The van der Waals surface area contributed by atoms with Gasteiger partial charge in [0.05, 0.1) is 17.8 Å². The molecule has 154 valence electrons. The number of amides is 2. The summed E-state index contributed by atoms with van der Waals surface area (Å²) in [6.45, 7) is 0. The predicted octanol–water partition coefficient (Wildman–Crippen LogP) is 2.96. The molecule has 1 atom stereocenters. The molecule has 9 heteroatoms. The molecule has 0 aliphatic carbocycles. The first-order valence-corrected chi connectivity index (χ1v) is 9.23. The Hall–Kier alpha value is -3.49. The van der Waals surface area contributed by atoms with Crippen LogP contribution < -0.4 is 16.2 Å². The molecule has 0 spiro atoms. The van der Waals surface area contributed by atoms with Gasteiger partial charge in [0.2, 0.25) is 5.91 Å². The molecule has 0 unspecified atom stereocenters. The number of carbonyl (C=O) groups excluding carboxylic acids is 2. The SMILES string of the molecule is O=C(C[C@H](O)C(=O)Nc1ccc(Cl)cc1)Nc1ccc(-n2ccccc2=O)cc1F. The maximum Gasteiger partial charge on any atom is 0.255 e. The summed E-state index contributed by atoms with van der Waals surface area (Å²) in [7, 11) is 0. The van der Waals surface area contributed by atoms with Crippen molar-refractivity contribution in [2.45, 2.75) is 12.5 Å². The number of nitrogens with zero attached hydrogens (tertiary/aromatic N) is 1. The summed E-state index contributed by atoms with van der Waals surface area (Å²) >= 11 is 5.76. The second-order valence-corrected chi connectivity index (χ2v) is 6.77. The van der Waals surface area contributed by atoms with Crippen molar-refractivity contribution in [3.63, 3.8) is 0 Å². The van der Waals surface area contributed by atoms with Crippen LogP contribution in [-0.2, 0) is 9.59 Å². The normalized spacial score (nSPS) is 11.6. The van der Waals surface area contributed by atoms with Crippen molar-refractivity contribution in [2.75, 3.05) is 10.6 Å². The van der Waals surface area contributed by atoms with Crippen LogP contribution >= 0.6 is 11.6 Å². The fourth-order valence-electron chi connectivity index (χ4n) is 2.62. The van der Waals surface area contributed by atoms with Crippen molar-refractivity contribution in [1.29, 1.82) is 0 Å². The van der Waals surface area contributed by atoms with Gasteiger partial charge < -0.3 is 15.7 Å². The van der Waals surface area contributed by atoms with Crippen molar-refractivity contribution < 1.29 is 19.1 Å². The molecule has 0 aliphatic heterocycles.